The third kappa shape index (κ3) is 7.50. The van der Waals surface area contributed by atoms with Gasteiger partial charge in [-0.05, 0) is 6.42 Å². The summed E-state index contributed by atoms with van der Waals surface area (Å²) in [6.07, 6.45) is 3.68. The lowest BCUT2D eigenvalue weighted by molar-refractivity contribution is -0.671. The molecule has 0 radical (unpaired) electrons. The van der Waals surface area contributed by atoms with Crippen LogP contribution in [0.5, 0.6) is 0 Å². The monoisotopic (exact) mass is 450 g/mol. The Morgan fingerprint density at radius 2 is 1.71 bits per heavy atom. The number of alkyl halides is 8. The lowest BCUT2D eigenvalue weighted by atomic mass is 10.1. The highest BCUT2D eigenvalue weighted by molar-refractivity contribution is 7.80. The van der Waals surface area contributed by atoms with Crippen molar-refractivity contribution >= 4 is 10.4 Å². The standard InChI is InChI=1S/C8H15N2.C5H4F8O4S/c1-3-4-5-10-7-6-9(2)8-10;6-2(7)4(10,11)5(12,13)3(8,9)1-17-18(14,15)16/h6-8H,3-5H2,1-2H3;2H,1H2,(H,14,15,16)/q+1;/p-1. The van der Waals surface area contributed by atoms with Gasteiger partial charge >= 0.3 is 24.2 Å². The number of unbranched alkanes of at least 4 members (excludes halogenated alkanes) is 1. The first-order chi connectivity index (χ1) is 12.5. The predicted molar refractivity (Wildman–Crippen MR) is 77.0 cm³/mol. The van der Waals surface area contributed by atoms with Crippen molar-refractivity contribution in [1.82, 2.24) is 4.57 Å². The van der Waals surface area contributed by atoms with E-state index in [1.165, 1.54) is 12.8 Å². The van der Waals surface area contributed by atoms with Gasteiger partial charge in [0.05, 0.1) is 13.6 Å². The molecule has 0 N–H and O–H groups in total. The molecule has 0 spiro atoms. The molecule has 0 fully saturated rings. The molecule has 1 aromatic heterocycles. The van der Waals surface area contributed by atoms with E-state index in [-0.39, 0.29) is 0 Å². The molecule has 28 heavy (non-hydrogen) atoms. The number of hydrogen-bond acceptors (Lipinski definition) is 4. The molecule has 0 bridgehead atoms. The summed E-state index contributed by atoms with van der Waals surface area (Å²) in [4.78, 5) is 0. The maximum Gasteiger partial charge on any atom is 0.380 e. The second kappa shape index (κ2) is 9.82. The number of aromatic nitrogens is 2. The van der Waals surface area contributed by atoms with E-state index in [9.17, 15) is 48.1 Å². The molecule has 6 nitrogen and oxygen atoms in total. The van der Waals surface area contributed by atoms with Crippen LogP contribution in [0.2, 0.25) is 0 Å². The van der Waals surface area contributed by atoms with Gasteiger partial charge in [-0.3, -0.25) is 4.18 Å². The number of imidazole rings is 1. The van der Waals surface area contributed by atoms with E-state index in [0.717, 1.165) is 6.54 Å². The Balaban J connectivity index is 0.000000609. The van der Waals surface area contributed by atoms with Crippen LogP contribution < -0.4 is 4.57 Å². The van der Waals surface area contributed by atoms with Crippen molar-refractivity contribution in [3.8, 4) is 0 Å². The minimum absolute atomic E-state index is 1.15. The molecule has 0 aliphatic carbocycles. The zero-order valence-electron chi connectivity index (χ0n) is 14.6. The summed E-state index contributed by atoms with van der Waals surface area (Å²) in [7, 11) is -3.83. The van der Waals surface area contributed by atoms with E-state index in [1.54, 1.807) is 0 Å². The summed E-state index contributed by atoms with van der Waals surface area (Å²) in [5.74, 6) is -19.0. The van der Waals surface area contributed by atoms with Gasteiger partial charge in [-0.15, -0.1) is 0 Å². The topological polar surface area (TPSA) is 75.2 Å². The first-order valence-electron chi connectivity index (χ1n) is 7.50. The van der Waals surface area contributed by atoms with E-state index >= 15 is 0 Å². The van der Waals surface area contributed by atoms with Crippen molar-refractivity contribution in [2.45, 2.75) is 50.5 Å². The molecule has 1 aromatic rings. The maximum atomic E-state index is 12.5. The normalized spacial score (nSPS) is 13.4. The molecular weight excluding hydrogens is 432 g/mol. The lowest BCUT2D eigenvalue weighted by Gasteiger charge is -2.31. The first-order valence-corrected chi connectivity index (χ1v) is 8.84. The van der Waals surface area contributed by atoms with Crippen LogP contribution in [0, 0.1) is 0 Å². The van der Waals surface area contributed by atoms with E-state index in [4.69, 9.17) is 0 Å². The highest BCUT2D eigenvalue weighted by Gasteiger charge is 2.75. The van der Waals surface area contributed by atoms with E-state index in [0.29, 0.717) is 0 Å². The summed E-state index contributed by atoms with van der Waals surface area (Å²) >= 11 is 0. The van der Waals surface area contributed by atoms with Crippen LogP contribution in [-0.2, 0) is 28.2 Å². The second-order valence-corrected chi connectivity index (χ2v) is 6.60. The summed E-state index contributed by atoms with van der Waals surface area (Å²) in [6, 6.07) is 0. The molecular formula is C13H18F8N2O4S. The molecule has 1 rings (SSSR count). The van der Waals surface area contributed by atoms with Gasteiger partial charge in [-0.2, -0.15) is 26.3 Å². The first kappa shape index (κ1) is 26.5. The average Bonchev–Trinajstić information content (AvgIpc) is 2.96. The number of rotatable bonds is 9. The van der Waals surface area contributed by atoms with Crippen molar-refractivity contribution in [1.29, 1.82) is 0 Å². The molecule has 0 saturated heterocycles. The third-order valence-electron chi connectivity index (χ3n) is 3.13. The summed E-state index contributed by atoms with van der Waals surface area (Å²) < 4.78 is 133. The average molecular weight is 450 g/mol. The van der Waals surface area contributed by atoms with Gasteiger partial charge in [-0.1, -0.05) is 13.3 Å². The fraction of sp³-hybridized carbons (Fsp3) is 0.769. The number of nitrogens with zero attached hydrogens (tertiary/aromatic N) is 2. The summed E-state index contributed by atoms with van der Waals surface area (Å²) in [6.45, 7) is 0.370. The Labute approximate surface area is 155 Å². The molecule has 166 valence electrons. The van der Waals surface area contributed by atoms with E-state index < -0.39 is 41.2 Å². The fourth-order valence-corrected chi connectivity index (χ4v) is 1.88. The minimum Gasteiger partial charge on any atom is -0.726 e. The van der Waals surface area contributed by atoms with Crippen molar-refractivity contribution in [2.75, 3.05) is 6.61 Å². The van der Waals surface area contributed by atoms with Gasteiger partial charge < -0.3 is 4.55 Å². The quantitative estimate of drug-likeness (QED) is 0.251. The van der Waals surface area contributed by atoms with Crippen molar-refractivity contribution in [3.63, 3.8) is 0 Å². The predicted octanol–water partition coefficient (Wildman–Crippen LogP) is 2.75. The number of aryl methyl sites for hydroxylation is 2. The van der Waals surface area contributed by atoms with Crippen LogP contribution in [0.15, 0.2) is 18.7 Å². The molecule has 0 amide bonds. The molecule has 0 aliphatic heterocycles. The van der Waals surface area contributed by atoms with E-state index in [2.05, 4.69) is 39.0 Å². The van der Waals surface area contributed by atoms with Crippen molar-refractivity contribution < 1.29 is 56.8 Å². The Morgan fingerprint density at radius 3 is 2.07 bits per heavy atom. The van der Waals surface area contributed by atoms with Crippen LogP contribution >= 0.6 is 0 Å². The van der Waals surface area contributed by atoms with Gasteiger partial charge in [0.2, 0.25) is 16.7 Å². The zero-order valence-corrected chi connectivity index (χ0v) is 15.4. The minimum atomic E-state index is -6.61. The second-order valence-electron chi connectivity index (χ2n) is 5.54. The highest BCUT2D eigenvalue weighted by atomic mass is 32.3. The molecule has 0 saturated carbocycles. The Bertz CT molecular complexity index is 709. The van der Waals surface area contributed by atoms with Crippen molar-refractivity contribution in [3.05, 3.63) is 18.7 Å². The molecule has 0 atom stereocenters. The molecule has 0 aliphatic rings. The van der Waals surface area contributed by atoms with Crippen molar-refractivity contribution in [2.24, 2.45) is 7.05 Å². The summed E-state index contributed by atoms with van der Waals surface area (Å²) in [5.41, 5.74) is 0. The maximum absolute atomic E-state index is 12.5. The van der Waals surface area contributed by atoms with Crippen LogP contribution in [0.3, 0.4) is 0 Å². The highest BCUT2D eigenvalue weighted by Crippen LogP contribution is 2.48. The number of hydrogen-bond donors (Lipinski definition) is 0. The molecule has 15 heteroatoms. The molecule has 0 unspecified atom stereocenters. The zero-order chi connectivity index (χ0) is 22.4. The van der Waals surface area contributed by atoms with Crippen LogP contribution in [0.1, 0.15) is 19.8 Å². The van der Waals surface area contributed by atoms with Crippen LogP contribution in [0.25, 0.3) is 0 Å². The van der Waals surface area contributed by atoms with Gasteiger partial charge in [0, 0.05) is 0 Å². The largest absolute Gasteiger partial charge is 0.726 e. The van der Waals surface area contributed by atoms with Gasteiger partial charge in [0.15, 0.2) is 0 Å². The van der Waals surface area contributed by atoms with Crippen LogP contribution in [0.4, 0.5) is 35.1 Å². The Morgan fingerprint density at radius 1 is 1.18 bits per heavy atom. The third-order valence-corrected chi connectivity index (χ3v) is 3.54. The molecule has 1 heterocycles. The summed E-state index contributed by atoms with van der Waals surface area (Å²) in [5, 5.41) is 0. The van der Waals surface area contributed by atoms with Gasteiger partial charge in [-0.25, -0.2) is 26.3 Å². The lowest BCUT2D eigenvalue weighted by Crippen LogP contribution is -2.59. The van der Waals surface area contributed by atoms with Gasteiger partial charge in [0.25, 0.3) is 0 Å². The Kier molecular flexibility index (Phi) is 9.30. The number of halogens is 8. The fourth-order valence-electron chi connectivity index (χ4n) is 1.59. The SMILES string of the molecule is CCCCn1cc[n+](C)c1.O=S(=O)([O-])OCC(F)(F)C(F)(F)C(F)(F)C(F)F. The van der Waals surface area contributed by atoms with Crippen LogP contribution in [-0.4, -0.2) is 48.3 Å². The molecule has 0 aromatic carbocycles. The van der Waals surface area contributed by atoms with E-state index in [1.807, 2.05) is 7.05 Å². The van der Waals surface area contributed by atoms with Gasteiger partial charge in [0.1, 0.15) is 19.0 Å². The Hall–Kier alpha value is -1.48. The smallest absolute Gasteiger partial charge is 0.380 e.